The average molecular weight is 567 g/mol. The van der Waals surface area contributed by atoms with Gasteiger partial charge in [0, 0.05) is 22.0 Å². The lowest BCUT2D eigenvalue weighted by atomic mass is 10.0. The number of hydrogen-bond acceptors (Lipinski definition) is 6. The number of alkyl halides is 3. The van der Waals surface area contributed by atoms with E-state index >= 15 is 0 Å². The van der Waals surface area contributed by atoms with Gasteiger partial charge in [0.15, 0.2) is 0 Å². The fourth-order valence-corrected chi connectivity index (χ4v) is 4.78. The quantitative estimate of drug-likeness (QED) is 0.104. The maximum absolute atomic E-state index is 13.4. The zero-order valence-corrected chi connectivity index (χ0v) is 22.8. The van der Waals surface area contributed by atoms with Gasteiger partial charge in [-0.15, -0.1) is 0 Å². The minimum absolute atomic E-state index is 0.0956. The van der Waals surface area contributed by atoms with Crippen molar-refractivity contribution >= 4 is 39.3 Å². The minimum Gasteiger partial charge on any atom is -0.376 e. The maximum Gasteiger partial charge on any atom is 0.416 e. The van der Waals surface area contributed by atoms with Gasteiger partial charge in [-0.3, -0.25) is 4.79 Å². The highest BCUT2D eigenvalue weighted by atomic mass is 19.4. The molecule has 41 heavy (non-hydrogen) atoms. The molecule has 0 aliphatic carbocycles. The van der Waals surface area contributed by atoms with Gasteiger partial charge in [0.25, 0.3) is 0 Å². The summed E-state index contributed by atoms with van der Waals surface area (Å²) in [5.41, 5.74) is 2.58. The number of carbonyl (C=O) groups excluding carboxylic acids is 2. The predicted octanol–water partition coefficient (Wildman–Crippen LogP) is 7.04. The third-order valence-corrected chi connectivity index (χ3v) is 7.01. The Labute approximate surface area is 234 Å². The number of halogens is 3. The molecule has 0 N–H and O–H groups in total. The molecule has 0 spiro atoms. The van der Waals surface area contributed by atoms with Crippen molar-refractivity contribution in [3.8, 4) is 5.69 Å². The molecule has 1 fully saturated rings. The number of fused-ring (bicyclic) bond motifs is 3. The number of rotatable bonds is 7. The van der Waals surface area contributed by atoms with E-state index in [1.54, 1.807) is 39.0 Å². The Morgan fingerprint density at radius 2 is 1.68 bits per heavy atom. The van der Waals surface area contributed by atoms with Crippen molar-refractivity contribution in [3.63, 3.8) is 0 Å². The van der Waals surface area contributed by atoms with Crippen molar-refractivity contribution in [1.29, 1.82) is 0 Å². The van der Waals surface area contributed by atoms with Gasteiger partial charge in [0.1, 0.15) is 11.8 Å². The number of hydrogen-bond donors (Lipinski definition) is 0. The normalized spacial score (nSPS) is 16.5. The molecule has 1 aliphatic heterocycles. The van der Waals surface area contributed by atoms with Crippen molar-refractivity contribution in [2.45, 2.75) is 39.5 Å². The Balaban J connectivity index is 1.64. The molecule has 2 heterocycles. The van der Waals surface area contributed by atoms with Gasteiger partial charge in [-0.2, -0.15) is 13.2 Å². The van der Waals surface area contributed by atoms with Crippen LogP contribution < -0.4 is 0 Å². The summed E-state index contributed by atoms with van der Waals surface area (Å²) < 4.78 is 53.1. The standard InChI is InChI=1S/C31H29F3N2O5/c1-4-25(35-41-30(38)18(2)3)29(37)20-6-12-27-24(16-20)23-15-19(28-17-39-13-14-40-28)5-11-26(23)36(27)22-9-7-21(8-10-22)31(32,33)34/h5-12,15-16,18,28H,4,13-14,17H2,1-3H3. The van der Waals surface area contributed by atoms with Crippen LogP contribution in [0.15, 0.2) is 65.8 Å². The van der Waals surface area contributed by atoms with E-state index in [9.17, 15) is 22.8 Å². The van der Waals surface area contributed by atoms with Crippen molar-refractivity contribution < 1.29 is 37.1 Å². The van der Waals surface area contributed by atoms with Crippen LogP contribution in [0.3, 0.4) is 0 Å². The summed E-state index contributed by atoms with van der Waals surface area (Å²) >= 11 is 0. The van der Waals surface area contributed by atoms with E-state index in [0.717, 1.165) is 34.0 Å². The summed E-state index contributed by atoms with van der Waals surface area (Å²) in [7, 11) is 0. The SMILES string of the molecule is CCC(=NOC(=O)C(C)C)C(=O)c1ccc2c(c1)c1cc(C3COCCO3)ccc1n2-c1ccc(C(F)(F)F)cc1. The lowest BCUT2D eigenvalue weighted by Crippen LogP contribution is -2.21. The van der Waals surface area contributed by atoms with Crippen LogP contribution in [0, 0.1) is 5.92 Å². The van der Waals surface area contributed by atoms with Crippen molar-refractivity contribution in [2.75, 3.05) is 19.8 Å². The van der Waals surface area contributed by atoms with E-state index in [4.69, 9.17) is 14.3 Å². The molecule has 1 aromatic heterocycles. The van der Waals surface area contributed by atoms with Crippen LogP contribution in [-0.2, 0) is 25.3 Å². The lowest BCUT2D eigenvalue weighted by Gasteiger charge is -2.23. The molecule has 4 aromatic rings. The van der Waals surface area contributed by atoms with Crippen LogP contribution in [0.2, 0.25) is 0 Å². The first-order valence-corrected chi connectivity index (χ1v) is 13.4. The van der Waals surface area contributed by atoms with Crippen LogP contribution in [0.4, 0.5) is 13.2 Å². The zero-order chi connectivity index (χ0) is 29.3. The molecule has 214 valence electrons. The topological polar surface area (TPSA) is 79.1 Å². The van der Waals surface area contributed by atoms with Gasteiger partial charge in [-0.25, -0.2) is 4.79 Å². The number of nitrogens with zero attached hydrogens (tertiary/aromatic N) is 2. The van der Waals surface area contributed by atoms with Gasteiger partial charge in [0.2, 0.25) is 5.78 Å². The Hall–Kier alpha value is -4.02. The van der Waals surface area contributed by atoms with Gasteiger partial charge in [-0.1, -0.05) is 32.0 Å². The zero-order valence-electron chi connectivity index (χ0n) is 22.8. The van der Waals surface area contributed by atoms with Gasteiger partial charge < -0.3 is 18.9 Å². The molecular weight excluding hydrogens is 537 g/mol. The second-order valence-corrected chi connectivity index (χ2v) is 10.1. The molecule has 0 amide bonds. The molecule has 10 heteroatoms. The monoisotopic (exact) mass is 566 g/mol. The van der Waals surface area contributed by atoms with Gasteiger partial charge >= 0.3 is 12.1 Å². The van der Waals surface area contributed by atoms with Crippen molar-refractivity contribution in [2.24, 2.45) is 11.1 Å². The summed E-state index contributed by atoms with van der Waals surface area (Å²) in [5, 5.41) is 5.34. The fourth-order valence-electron chi connectivity index (χ4n) is 4.78. The van der Waals surface area contributed by atoms with Gasteiger partial charge in [-0.05, 0) is 66.6 Å². The number of carbonyl (C=O) groups is 2. The van der Waals surface area contributed by atoms with E-state index in [-0.39, 0.29) is 24.0 Å². The van der Waals surface area contributed by atoms with E-state index in [2.05, 4.69) is 5.16 Å². The van der Waals surface area contributed by atoms with Crippen LogP contribution in [0.25, 0.3) is 27.5 Å². The highest BCUT2D eigenvalue weighted by Gasteiger charge is 2.30. The van der Waals surface area contributed by atoms with Crippen molar-refractivity contribution in [3.05, 3.63) is 77.4 Å². The number of ketones is 1. The number of Topliss-reactive ketones (excluding diaryl/α,β-unsaturated/α-hetero) is 1. The first kappa shape index (κ1) is 28.5. The molecule has 1 saturated heterocycles. The van der Waals surface area contributed by atoms with E-state index in [1.165, 1.54) is 12.1 Å². The van der Waals surface area contributed by atoms with Crippen LogP contribution in [0.5, 0.6) is 0 Å². The highest BCUT2D eigenvalue weighted by molar-refractivity contribution is 6.46. The third kappa shape index (κ3) is 5.75. The van der Waals surface area contributed by atoms with Crippen LogP contribution in [0.1, 0.15) is 54.8 Å². The maximum atomic E-state index is 13.4. The Morgan fingerprint density at radius 3 is 2.29 bits per heavy atom. The number of aromatic nitrogens is 1. The van der Waals surface area contributed by atoms with E-state index in [0.29, 0.717) is 36.6 Å². The molecule has 1 aliphatic rings. The Bertz CT molecular complexity index is 1630. The molecule has 3 aromatic carbocycles. The van der Waals surface area contributed by atoms with E-state index in [1.807, 2.05) is 22.8 Å². The summed E-state index contributed by atoms with van der Waals surface area (Å²) in [5.74, 6) is -1.32. The summed E-state index contributed by atoms with van der Waals surface area (Å²) in [6.07, 6.45) is -4.47. The number of benzene rings is 3. The van der Waals surface area contributed by atoms with Gasteiger partial charge in [0.05, 0.1) is 42.3 Å². The summed E-state index contributed by atoms with van der Waals surface area (Å²) in [6, 6.07) is 15.9. The predicted molar refractivity (Wildman–Crippen MR) is 148 cm³/mol. The Morgan fingerprint density at radius 1 is 1.00 bits per heavy atom. The first-order valence-electron chi connectivity index (χ1n) is 13.4. The molecule has 0 radical (unpaired) electrons. The van der Waals surface area contributed by atoms with Crippen LogP contribution in [-0.4, -0.2) is 41.9 Å². The van der Waals surface area contributed by atoms with Crippen LogP contribution >= 0.6 is 0 Å². The molecule has 5 rings (SSSR count). The van der Waals surface area contributed by atoms with Crippen molar-refractivity contribution in [1.82, 2.24) is 4.57 Å². The Kier molecular flexibility index (Phi) is 7.97. The second kappa shape index (κ2) is 11.5. The summed E-state index contributed by atoms with van der Waals surface area (Å²) in [6.45, 7) is 6.47. The highest BCUT2D eigenvalue weighted by Crippen LogP contribution is 2.36. The largest absolute Gasteiger partial charge is 0.416 e. The minimum atomic E-state index is -4.45. The average Bonchev–Trinajstić information content (AvgIpc) is 3.30. The number of oxime groups is 1. The molecule has 1 atom stereocenters. The summed E-state index contributed by atoms with van der Waals surface area (Å²) in [4.78, 5) is 30.2. The number of ether oxygens (including phenoxy) is 2. The molecular formula is C31H29F3N2O5. The fraction of sp³-hybridized carbons (Fsp3) is 0.323. The first-order chi connectivity index (χ1) is 19.6. The second-order valence-electron chi connectivity index (χ2n) is 10.1. The smallest absolute Gasteiger partial charge is 0.376 e. The molecule has 1 unspecified atom stereocenters. The van der Waals surface area contributed by atoms with E-state index < -0.39 is 23.6 Å². The lowest BCUT2D eigenvalue weighted by molar-refractivity contribution is -0.147. The third-order valence-electron chi connectivity index (χ3n) is 7.01. The molecule has 0 saturated carbocycles. The molecule has 0 bridgehead atoms. The molecule has 7 nitrogen and oxygen atoms in total.